The van der Waals surface area contributed by atoms with E-state index < -0.39 is 17.7 Å². The Labute approximate surface area is 229 Å². The Kier molecular flexibility index (Phi) is 7.23. The van der Waals surface area contributed by atoms with Gasteiger partial charge in [-0.05, 0) is 73.2 Å². The number of carbonyl (C=O) groups excluding carboxylic acids is 2. The number of amides is 1. The fourth-order valence-corrected chi connectivity index (χ4v) is 6.21. The van der Waals surface area contributed by atoms with Crippen molar-refractivity contribution in [3.63, 3.8) is 0 Å². The van der Waals surface area contributed by atoms with Crippen molar-refractivity contribution >= 4 is 55.5 Å². The maximum Gasteiger partial charge on any atom is 0.301 e. The summed E-state index contributed by atoms with van der Waals surface area (Å²) in [6.07, 6.45) is 0. The topological polar surface area (TPSA) is 89.0 Å². The van der Waals surface area contributed by atoms with Crippen molar-refractivity contribution < 1.29 is 24.2 Å². The fraction of sp³-hybridized carbons (Fsp3) is 0.276. The molecule has 1 amide bonds. The summed E-state index contributed by atoms with van der Waals surface area (Å²) >= 11 is 2.72. The van der Waals surface area contributed by atoms with Gasteiger partial charge in [0.1, 0.15) is 23.3 Å². The number of aromatic nitrogens is 1. The molecule has 1 fully saturated rings. The van der Waals surface area contributed by atoms with Gasteiger partial charge >= 0.3 is 5.91 Å². The van der Waals surface area contributed by atoms with E-state index >= 15 is 0 Å². The molecule has 7 nitrogen and oxygen atoms in total. The van der Waals surface area contributed by atoms with Crippen LogP contribution in [0.2, 0.25) is 0 Å². The number of hydrogen-bond donors (Lipinski definition) is 1. The molecule has 1 aliphatic heterocycles. The number of aliphatic hydroxyl groups is 1. The summed E-state index contributed by atoms with van der Waals surface area (Å²) in [5.41, 5.74) is 2.02. The van der Waals surface area contributed by atoms with Crippen molar-refractivity contribution in [3.05, 3.63) is 75.5 Å². The second kappa shape index (κ2) is 10.6. The molecule has 1 aliphatic rings. The fourth-order valence-electron chi connectivity index (χ4n) is 4.37. The number of thiazole rings is 1. The predicted octanol–water partition coefficient (Wildman–Crippen LogP) is 6.73. The van der Waals surface area contributed by atoms with Crippen LogP contribution in [-0.4, -0.2) is 35.0 Å². The highest BCUT2D eigenvalue weighted by molar-refractivity contribution is 7.22. The molecule has 1 atom stereocenters. The third-order valence-electron chi connectivity index (χ3n) is 6.14. The Hall–Kier alpha value is -3.69. The van der Waals surface area contributed by atoms with Crippen LogP contribution in [0, 0.1) is 12.8 Å². The van der Waals surface area contributed by atoms with Crippen molar-refractivity contribution in [1.29, 1.82) is 0 Å². The second-order valence-corrected chi connectivity index (χ2v) is 11.4. The standard InChI is InChI=1S/C29H28N2O5S2/c1-5-35-19-9-10-20-23(14-19)38-29(30-20)31-25(22-7-6-12-37-22)24(27(33)28(31)34)26(32)18-8-11-21(17(4)13-18)36-15-16(2)3/h6-14,16,25,32H,5,15H2,1-4H3/b26-24+. The van der Waals surface area contributed by atoms with Gasteiger partial charge in [0, 0.05) is 10.4 Å². The maximum atomic E-state index is 13.4. The molecule has 5 rings (SSSR count). The summed E-state index contributed by atoms with van der Waals surface area (Å²) in [7, 11) is 0. The molecule has 0 spiro atoms. The molecule has 1 saturated heterocycles. The maximum absolute atomic E-state index is 13.4. The van der Waals surface area contributed by atoms with Crippen LogP contribution < -0.4 is 14.4 Å². The average molecular weight is 549 g/mol. The number of aryl methyl sites for hydroxylation is 1. The molecule has 0 saturated carbocycles. The predicted molar refractivity (Wildman–Crippen MR) is 151 cm³/mol. The van der Waals surface area contributed by atoms with Crippen molar-refractivity contribution in [1.82, 2.24) is 4.98 Å². The van der Waals surface area contributed by atoms with Gasteiger partial charge in [0.2, 0.25) is 0 Å². The van der Waals surface area contributed by atoms with Gasteiger partial charge in [0.25, 0.3) is 5.78 Å². The average Bonchev–Trinajstić information content (AvgIpc) is 3.61. The molecular weight excluding hydrogens is 520 g/mol. The molecule has 38 heavy (non-hydrogen) atoms. The number of carbonyl (C=O) groups is 2. The van der Waals surface area contributed by atoms with E-state index in [1.165, 1.54) is 27.6 Å². The first kappa shape index (κ1) is 25.9. The highest BCUT2D eigenvalue weighted by atomic mass is 32.1. The lowest BCUT2D eigenvalue weighted by Gasteiger charge is -2.21. The molecule has 2 aromatic heterocycles. The van der Waals surface area contributed by atoms with Gasteiger partial charge in [-0.25, -0.2) is 4.98 Å². The zero-order valence-electron chi connectivity index (χ0n) is 21.6. The smallest absolute Gasteiger partial charge is 0.301 e. The van der Waals surface area contributed by atoms with Crippen molar-refractivity contribution in [3.8, 4) is 11.5 Å². The number of thiophene rings is 1. The van der Waals surface area contributed by atoms with Gasteiger partial charge in [-0.3, -0.25) is 14.5 Å². The zero-order valence-corrected chi connectivity index (χ0v) is 23.2. The van der Waals surface area contributed by atoms with Gasteiger partial charge in [0.05, 0.1) is 29.0 Å². The van der Waals surface area contributed by atoms with Gasteiger partial charge in [-0.2, -0.15) is 0 Å². The number of fused-ring (bicyclic) bond motifs is 1. The summed E-state index contributed by atoms with van der Waals surface area (Å²) in [4.78, 5) is 33.7. The summed E-state index contributed by atoms with van der Waals surface area (Å²) in [5, 5.41) is 13.7. The zero-order chi connectivity index (χ0) is 27.0. The van der Waals surface area contributed by atoms with Crippen LogP contribution in [-0.2, 0) is 9.59 Å². The number of anilines is 1. The lowest BCUT2D eigenvalue weighted by Crippen LogP contribution is -2.28. The highest BCUT2D eigenvalue weighted by Crippen LogP contribution is 2.46. The van der Waals surface area contributed by atoms with E-state index in [1.54, 1.807) is 18.2 Å². The Bertz CT molecular complexity index is 1540. The first-order valence-electron chi connectivity index (χ1n) is 12.4. The molecule has 1 unspecified atom stereocenters. The first-order valence-corrected chi connectivity index (χ1v) is 14.1. The summed E-state index contributed by atoms with van der Waals surface area (Å²) in [6.45, 7) is 9.05. The normalized spacial score (nSPS) is 17.1. The summed E-state index contributed by atoms with van der Waals surface area (Å²) in [5.74, 6) is 0.116. The van der Waals surface area contributed by atoms with E-state index in [0.717, 1.165) is 15.1 Å². The van der Waals surface area contributed by atoms with E-state index in [4.69, 9.17) is 9.47 Å². The van der Waals surface area contributed by atoms with Crippen LogP contribution in [0.15, 0.2) is 59.5 Å². The van der Waals surface area contributed by atoms with E-state index in [1.807, 2.05) is 49.6 Å². The van der Waals surface area contributed by atoms with Crippen molar-refractivity contribution in [2.45, 2.75) is 33.7 Å². The van der Waals surface area contributed by atoms with Crippen LogP contribution in [0.1, 0.15) is 42.8 Å². The number of ether oxygens (including phenoxy) is 2. The minimum Gasteiger partial charge on any atom is -0.507 e. The third kappa shape index (κ3) is 4.79. The highest BCUT2D eigenvalue weighted by Gasteiger charge is 2.48. The molecule has 1 N–H and O–H groups in total. The summed E-state index contributed by atoms with van der Waals surface area (Å²) in [6, 6.07) is 13.7. The Morgan fingerprint density at radius 2 is 1.95 bits per heavy atom. The lowest BCUT2D eigenvalue weighted by atomic mass is 9.99. The number of hydrogen-bond acceptors (Lipinski definition) is 8. The summed E-state index contributed by atoms with van der Waals surface area (Å²) < 4.78 is 12.3. The monoisotopic (exact) mass is 548 g/mol. The van der Waals surface area contributed by atoms with Gasteiger partial charge < -0.3 is 14.6 Å². The lowest BCUT2D eigenvalue weighted by molar-refractivity contribution is -0.132. The Balaban J connectivity index is 1.59. The Morgan fingerprint density at radius 3 is 2.63 bits per heavy atom. The number of aliphatic hydroxyl groups excluding tert-OH is 1. The third-order valence-corrected chi connectivity index (χ3v) is 8.09. The van der Waals surface area contributed by atoms with Crippen LogP contribution in [0.4, 0.5) is 5.13 Å². The minimum atomic E-state index is -0.793. The van der Waals surface area contributed by atoms with Gasteiger partial charge in [0.15, 0.2) is 5.13 Å². The molecule has 196 valence electrons. The molecular formula is C29H28N2O5S2. The molecule has 2 aromatic carbocycles. The van der Waals surface area contributed by atoms with Crippen LogP contribution in [0.25, 0.3) is 16.0 Å². The molecule has 0 radical (unpaired) electrons. The number of rotatable bonds is 8. The van der Waals surface area contributed by atoms with Crippen LogP contribution in [0.5, 0.6) is 11.5 Å². The molecule has 9 heteroatoms. The Morgan fingerprint density at radius 1 is 1.13 bits per heavy atom. The number of nitrogens with zero attached hydrogens (tertiary/aromatic N) is 2. The molecule has 0 bridgehead atoms. The van der Waals surface area contributed by atoms with Crippen LogP contribution >= 0.6 is 22.7 Å². The molecule has 3 heterocycles. The van der Waals surface area contributed by atoms with Crippen molar-refractivity contribution in [2.75, 3.05) is 18.1 Å². The van der Waals surface area contributed by atoms with Crippen LogP contribution in [0.3, 0.4) is 0 Å². The number of Topliss-reactive ketones (excluding diaryl/α,β-unsaturated/α-hetero) is 1. The van der Waals surface area contributed by atoms with Crippen molar-refractivity contribution in [2.24, 2.45) is 5.92 Å². The SMILES string of the molecule is CCOc1ccc2nc(N3C(=O)C(=O)/C(=C(/O)c4ccc(OCC(C)C)c(C)c4)C3c3cccs3)sc2c1. The van der Waals surface area contributed by atoms with Gasteiger partial charge in [-0.15, -0.1) is 11.3 Å². The molecule has 0 aliphatic carbocycles. The second-order valence-electron chi connectivity index (χ2n) is 9.43. The molecule has 4 aromatic rings. The number of benzene rings is 2. The van der Waals surface area contributed by atoms with E-state index in [0.29, 0.717) is 46.8 Å². The van der Waals surface area contributed by atoms with E-state index in [9.17, 15) is 14.7 Å². The first-order chi connectivity index (χ1) is 18.3. The minimum absolute atomic E-state index is 0.0435. The van der Waals surface area contributed by atoms with Gasteiger partial charge in [-0.1, -0.05) is 31.3 Å². The quantitative estimate of drug-likeness (QED) is 0.149. The van der Waals surface area contributed by atoms with E-state index in [-0.39, 0.29) is 11.3 Å². The largest absolute Gasteiger partial charge is 0.507 e. The number of ketones is 1. The van der Waals surface area contributed by atoms with E-state index in [2.05, 4.69) is 18.8 Å².